The first kappa shape index (κ1) is 16.9. The van der Waals surface area contributed by atoms with E-state index in [4.69, 9.17) is 4.74 Å². The molecule has 0 atom stereocenters. The third-order valence-corrected chi connectivity index (χ3v) is 3.34. The van der Waals surface area contributed by atoms with Crippen LogP contribution in [0.1, 0.15) is 25.0 Å². The van der Waals surface area contributed by atoms with E-state index in [-0.39, 0.29) is 18.1 Å². The summed E-state index contributed by atoms with van der Waals surface area (Å²) in [6.07, 6.45) is 0.186. The van der Waals surface area contributed by atoms with Gasteiger partial charge in [-0.15, -0.1) is 0 Å². The summed E-state index contributed by atoms with van der Waals surface area (Å²) in [4.78, 5) is 12.0. The number of hydrogen-bond donors (Lipinski definition) is 2. The Morgan fingerprint density at radius 2 is 1.91 bits per heavy atom. The predicted molar refractivity (Wildman–Crippen MR) is 90.4 cm³/mol. The minimum atomic E-state index is -0.0751. The van der Waals surface area contributed by atoms with Gasteiger partial charge in [0.1, 0.15) is 18.1 Å². The fraction of sp³-hybridized carbons (Fsp3) is 0.316. The maximum atomic E-state index is 12.0. The number of amides is 1. The zero-order valence-corrected chi connectivity index (χ0v) is 13.6. The number of phenols is 1. The monoisotopic (exact) mass is 313 g/mol. The van der Waals surface area contributed by atoms with Crippen LogP contribution in [0.25, 0.3) is 0 Å². The van der Waals surface area contributed by atoms with Crippen molar-refractivity contribution in [2.24, 2.45) is 5.92 Å². The number of carbonyl (C=O) groups excluding carboxylic acids is 1. The predicted octanol–water partition coefficient (Wildman–Crippen LogP) is 3.29. The Labute approximate surface area is 137 Å². The van der Waals surface area contributed by atoms with Crippen molar-refractivity contribution in [3.63, 3.8) is 0 Å². The van der Waals surface area contributed by atoms with Crippen LogP contribution >= 0.6 is 0 Å². The van der Waals surface area contributed by atoms with Crippen molar-refractivity contribution in [3.8, 4) is 11.5 Å². The summed E-state index contributed by atoms with van der Waals surface area (Å²) in [6, 6.07) is 14.7. The summed E-state index contributed by atoms with van der Waals surface area (Å²) in [6.45, 7) is 5.15. The van der Waals surface area contributed by atoms with Gasteiger partial charge in [-0.05, 0) is 29.7 Å². The van der Waals surface area contributed by atoms with E-state index in [1.807, 2.05) is 44.2 Å². The summed E-state index contributed by atoms with van der Waals surface area (Å²) >= 11 is 0. The highest BCUT2D eigenvalue weighted by Gasteiger charge is 2.11. The molecule has 0 aliphatic carbocycles. The number of aromatic hydroxyl groups is 1. The van der Waals surface area contributed by atoms with Gasteiger partial charge < -0.3 is 15.2 Å². The fourth-order valence-corrected chi connectivity index (χ4v) is 2.13. The van der Waals surface area contributed by atoms with Crippen LogP contribution in [0.15, 0.2) is 48.5 Å². The third-order valence-electron chi connectivity index (χ3n) is 3.34. The Kier molecular flexibility index (Phi) is 6.03. The lowest BCUT2D eigenvalue weighted by Crippen LogP contribution is -2.28. The molecule has 2 rings (SSSR count). The molecule has 0 radical (unpaired) electrons. The maximum absolute atomic E-state index is 12.0. The molecule has 0 spiro atoms. The Hall–Kier alpha value is -2.49. The molecular weight excluding hydrogens is 290 g/mol. The zero-order chi connectivity index (χ0) is 16.7. The van der Waals surface area contributed by atoms with Crippen LogP contribution in [0.4, 0.5) is 0 Å². The van der Waals surface area contributed by atoms with E-state index >= 15 is 0 Å². The van der Waals surface area contributed by atoms with E-state index in [0.29, 0.717) is 30.4 Å². The van der Waals surface area contributed by atoms with Crippen molar-refractivity contribution in [1.29, 1.82) is 0 Å². The van der Waals surface area contributed by atoms with Gasteiger partial charge in [0.05, 0.1) is 6.42 Å². The number of carbonyl (C=O) groups is 1. The smallest absolute Gasteiger partial charge is 0.224 e. The molecule has 23 heavy (non-hydrogen) atoms. The largest absolute Gasteiger partial charge is 0.508 e. The molecule has 0 bridgehead atoms. The molecular formula is C19H23NO3. The highest BCUT2D eigenvalue weighted by atomic mass is 16.5. The van der Waals surface area contributed by atoms with Crippen molar-refractivity contribution >= 4 is 5.91 Å². The molecule has 0 heterocycles. The van der Waals surface area contributed by atoms with E-state index < -0.39 is 0 Å². The molecule has 0 aromatic heterocycles. The van der Waals surface area contributed by atoms with Crippen molar-refractivity contribution in [2.45, 2.75) is 26.9 Å². The molecule has 2 aromatic rings. The molecule has 0 saturated carbocycles. The lowest BCUT2D eigenvalue weighted by Gasteiger charge is -2.13. The first-order valence-electron chi connectivity index (χ1n) is 7.80. The van der Waals surface area contributed by atoms with Crippen LogP contribution in [-0.2, 0) is 17.8 Å². The minimum Gasteiger partial charge on any atom is -0.508 e. The average Bonchev–Trinajstić information content (AvgIpc) is 2.53. The van der Waals surface area contributed by atoms with Gasteiger partial charge in [0, 0.05) is 12.1 Å². The molecule has 1 amide bonds. The number of nitrogens with one attached hydrogen (secondary N) is 1. The van der Waals surface area contributed by atoms with E-state index in [9.17, 15) is 9.90 Å². The van der Waals surface area contributed by atoms with Crippen molar-refractivity contribution in [3.05, 3.63) is 59.7 Å². The second-order valence-electron chi connectivity index (χ2n) is 5.94. The van der Waals surface area contributed by atoms with Crippen LogP contribution in [-0.4, -0.2) is 17.6 Å². The standard InChI is InChI=1S/C19H23NO3/c1-14(2)12-20-19(22)11-16-10-17(21)8-9-18(16)23-13-15-6-4-3-5-7-15/h3-10,14,21H,11-13H2,1-2H3,(H,20,22). The molecule has 2 N–H and O–H groups in total. The summed E-state index contributed by atoms with van der Waals surface area (Å²) in [5, 5.41) is 12.5. The van der Waals surface area contributed by atoms with E-state index in [1.165, 1.54) is 0 Å². The van der Waals surface area contributed by atoms with Crippen LogP contribution in [0, 0.1) is 5.92 Å². The van der Waals surface area contributed by atoms with Crippen LogP contribution < -0.4 is 10.1 Å². The van der Waals surface area contributed by atoms with Gasteiger partial charge in [0.25, 0.3) is 0 Å². The second kappa shape index (κ2) is 8.22. The first-order valence-corrected chi connectivity index (χ1v) is 7.80. The second-order valence-corrected chi connectivity index (χ2v) is 5.94. The zero-order valence-electron chi connectivity index (χ0n) is 13.6. The molecule has 0 aliphatic rings. The van der Waals surface area contributed by atoms with Crippen LogP contribution in [0.3, 0.4) is 0 Å². The maximum Gasteiger partial charge on any atom is 0.224 e. The average molecular weight is 313 g/mol. The molecule has 122 valence electrons. The summed E-state index contributed by atoms with van der Waals surface area (Å²) in [7, 11) is 0. The molecule has 2 aromatic carbocycles. The topological polar surface area (TPSA) is 58.6 Å². The number of rotatable bonds is 7. The highest BCUT2D eigenvalue weighted by Crippen LogP contribution is 2.25. The third kappa shape index (κ3) is 5.66. The Morgan fingerprint density at radius 3 is 2.61 bits per heavy atom. The summed E-state index contributed by atoms with van der Waals surface area (Å²) in [5.41, 5.74) is 1.73. The van der Waals surface area contributed by atoms with Gasteiger partial charge in [0.2, 0.25) is 5.91 Å². The number of hydrogen-bond acceptors (Lipinski definition) is 3. The fourth-order valence-electron chi connectivity index (χ4n) is 2.13. The molecule has 0 unspecified atom stereocenters. The molecule has 4 nitrogen and oxygen atoms in total. The molecule has 0 fully saturated rings. The Morgan fingerprint density at radius 1 is 1.17 bits per heavy atom. The molecule has 0 aliphatic heterocycles. The van der Waals surface area contributed by atoms with E-state index in [1.54, 1.807) is 18.2 Å². The van der Waals surface area contributed by atoms with Gasteiger partial charge in [-0.1, -0.05) is 44.2 Å². The van der Waals surface area contributed by atoms with Crippen LogP contribution in [0.2, 0.25) is 0 Å². The van der Waals surface area contributed by atoms with E-state index in [0.717, 1.165) is 5.56 Å². The van der Waals surface area contributed by atoms with Gasteiger partial charge in [-0.3, -0.25) is 4.79 Å². The highest BCUT2D eigenvalue weighted by molar-refractivity contribution is 5.79. The molecule has 4 heteroatoms. The number of ether oxygens (including phenoxy) is 1. The van der Waals surface area contributed by atoms with Crippen LogP contribution in [0.5, 0.6) is 11.5 Å². The lowest BCUT2D eigenvalue weighted by atomic mass is 10.1. The van der Waals surface area contributed by atoms with Crippen molar-refractivity contribution in [2.75, 3.05) is 6.54 Å². The summed E-state index contributed by atoms with van der Waals surface area (Å²) < 4.78 is 5.81. The molecule has 0 saturated heterocycles. The van der Waals surface area contributed by atoms with Crippen molar-refractivity contribution < 1.29 is 14.6 Å². The quantitative estimate of drug-likeness (QED) is 0.824. The number of benzene rings is 2. The van der Waals surface area contributed by atoms with Gasteiger partial charge >= 0.3 is 0 Å². The van der Waals surface area contributed by atoms with Gasteiger partial charge in [-0.25, -0.2) is 0 Å². The number of phenolic OH excluding ortho intramolecular Hbond substituents is 1. The SMILES string of the molecule is CC(C)CNC(=O)Cc1cc(O)ccc1OCc1ccccc1. The Bertz CT molecular complexity index is 638. The summed E-state index contributed by atoms with van der Waals surface area (Å²) in [5.74, 6) is 1.07. The van der Waals surface area contributed by atoms with Gasteiger partial charge in [-0.2, -0.15) is 0 Å². The first-order chi connectivity index (χ1) is 11.0. The van der Waals surface area contributed by atoms with Crippen molar-refractivity contribution in [1.82, 2.24) is 5.32 Å². The normalized spacial score (nSPS) is 10.6. The van der Waals surface area contributed by atoms with E-state index in [2.05, 4.69) is 5.32 Å². The minimum absolute atomic E-state index is 0.0751. The Balaban J connectivity index is 2.03. The van der Waals surface area contributed by atoms with Gasteiger partial charge in [0.15, 0.2) is 0 Å². The lowest BCUT2D eigenvalue weighted by molar-refractivity contribution is -0.120.